The molecule has 0 radical (unpaired) electrons. The number of hydrogen-bond donors (Lipinski definition) is 4. The summed E-state index contributed by atoms with van der Waals surface area (Å²) in [4.78, 5) is 0. The van der Waals surface area contributed by atoms with Crippen LogP contribution in [0.4, 0.5) is 5.69 Å². The van der Waals surface area contributed by atoms with Gasteiger partial charge in [-0.25, -0.2) is 0 Å². The van der Waals surface area contributed by atoms with Crippen LogP contribution in [0.5, 0.6) is 0 Å². The normalized spacial score (nSPS) is 12.1. The van der Waals surface area contributed by atoms with Gasteiger partial charge in [0, 0.05) is 5.69 Å². The van der Waals surface area contributed by atoms with Crippen LogP contribution in [0.3, 0.4) is 0 Å². The Morgan fingerprint density at radius 2 is 2.00 bits per heavy atom. The number of nitrogens with two attached hydrogens (primary N) is 2. The smallest absolute Gasteiger partial charge is 0.186 e. The third kappa shape index (κ3) is 2.65. The first-order valence-corrected chi connectivity index (χ1v) is 4.59. The number of hydrogen-bond acceptors (Lipinski definition) is 2. The van der Waals surface area contributed by atoms with Crippen molar-refractivity contribution in [3.8, 4) is 0 Å². The van der Waals surface area contributed by atoms with Crippen LogP contribution >= 0.6 is 0 Å². The summed E-state index contributed by atoms with van der Waals surface area (Å²) in [5.41, 5.74) is 12.7. The molecule has 0 heterocycles. The predicted octanol–water partition coefficient (Wildman–Crippen LogP) is 1.20. The number of anilines is 1. The zero-order chi connectivity index (χ0) is 10.6. The van der Waals surface area contributed by atoms with Gasteiger partial charge in [-0.1, -0.05) is 19.1 Å². The fourth-order valence-electron chi connectivity index (χ4n) is 1.34. The first-order chi connectivity index (χ1) is 6.63. The van der Waals surface area contributed by atoms with E-state index in [0.717, 1.165) is 17.7 Å². The number of nitrogen functional groups attached to an aromatic ring is 1. The molecule has 0 bridgehead atoms. The third-order valence-corrected chi connectivity index (χ3v) is 2.08. The van der Waals surface area contributed by atoms with Gasteiger partial charge in [-0.3, -0.25) is 5.41 Å². The van der Waals surface area contributed by atoms with E-state index in [0.29, 0.717) is 0 Å². The second-order valence-electron chi connectivity index (χ2n) is 3.19. The van der Waals surface area contributed by atoms with E-state index >= 15 is 0 Å². The Kier molecular flexibility index (Phi) is 3.34. The van der Waals surface area contributed by atoms with Crippen molar-refractivity contribution in [3.05, 3.63) is 29.8 Å². The van der Waals surface area contributed by atoms with Gasteiger partial charge in [0.15, 0.2) is 5.96 Å². The van der Waals surface area contributed by atoms with Crippen LogP contribution in [0.1, 0.15) is 24.9 Å². The highest BCUT2D eigenvalue weighted by molar-refractivity contribution is 5.74. The summed E-state index contributed by atoms with van der Waals surface area (Å²) in [7, 11) is 0. The van der Waals surface area contributed by atoms with Gasteiger partial charge in [-0.2, -0.15) is 0 Å². The predicted molar refractivity (Wildman–Crippen MR) is 58.9 cm³/mol. The van der Waals surface area contributed by atoms with E-state index < -0.39 is 0 Å². The Morgan fingerprint density at radius 1 is 1.43 bits per heavy atom. The van der Waals surface area contributed by atoms with Gasteiger partial charge in [-0.15, -0.1) is 0 Å². The number of benzene rings is 1. The molecule has 14 heavy (non-hydrogen) atoms. The molecule has 0 aliphatic carbocycles. The Bertz CT molecular complexity index is 304. The van der Waals surface area contributed by atoms with Crippen LogP contribution in [-0.4, -0.2) is 5.96 Å². The second kappa shape index (κ2) is 4.50. The molecule has 1 aromatic carbocycles. The van der Waals surface area contributed by atoms with E-state index in [1.54, 1.807) is 0 Å². The standard InChI is InChI=1S/C10H16N4/c1-2-9(14-10(12)13)7-3-5-8(11)6-4-7/h3-6,9H,2,11H2,1H3,(H4,12,13,14). The van der Waals surface area contributed by atoms with Crippen molar-refractivity contribution >= 4 is 11.6 Å². The fraction of sp³-hybridized carbons (Fsp3) is 0.300. The van der Waals surface area contributed by atoms with Gasteiger partial charge in [-0.05, 0) is 24.1 Å². The fourth-order valence-corrected chi connectivity index (χ4v) is 1.34. The summed E-state index contributed by atoms with van der Waals surface area (Å²) in [6.07, 6.45) is 0.878. The van der Waals surface area contributed by atoms with Gasteiger partial charge in [0.1, 0.15) is 0 Å². The summed E-state index contributed by atoms with van der Waals surface area (Å²) in [6.45, 7) is 2.04. The maximum atomic E-state index is 7.16. The molecule has 1 unspecified atom stereocenters. The average molecular weight is 192 g/mol. The number of nitrogens with one attached hydrogen (secondary N) is 2. The van der Waals surface area contributed by atoms with Gasteiger partial charge in [0.2, 0.25) is 0 Å². The van der Waals surface area contributed by atoms with Crippen LogP contribution in [0, 0.1) is 5.41 Å². The van der Waals surface area contributed by atoms with Crippen molar-refractivity contribution in [2.75, 3.05) is 5.73 Å². The average Bonchev–Trinajstić information content (AvgIpc) is 2.15. The van der Waals surface area contributed by atoms with Crippen LogP contribution in [0.15, 0.2) is 24.3 Å². The van der Waals surface area contributed by atoms with Crippen molar-refractivity contribution in [2.24, 2.45) is 5.73 Å². The summed E-state index contributed by atoms with van der Waals surface area (Å²) < 4.78 is 0. The molecule has 0 fully saturated rings. The van der Waals surface area contributed by atoms with E-state index in [-0.39, 0.29) is 12.0 Å². The lowest BCUT2D eigenvalue weighted by Gasteiger charge is -2.17. The number of rotatable bonds is 3. The van der Waals surface area contributed by atoms with Gasteiger partial charge < -0.3 is 16.8 Å². The van der Waals surface area contributed by atoms with Gasteiger partial charge in [0.05, 0.1) is 6.04 Å². The van der Waals surface area contributed by atoms with Crippen LogP contribution in [0.2, 0.25) is 0 Å². The largest absolute Gasteiger partial charge is 0.399 e. The van der Waals surface area contributed by atoms with Crippen LogP contribution in [-0.2, 0) is 0 Å². The highest BCUT2D eigenvalue weighted by Gasteiger charge is 2.08. The topological polar surface area (TPSA) is 87.9 Å². The molecule has 0 saturated heterocycles. The van der Waals surface area contributed by atoms with Crippen LogP contribution < -0.4 is 16.8 Å². The van der Waals surface area contributed by atoms with E-state index in [9.17, 15) is 0 Å². The highest BCUT2D eigenvalue weighted by atomic mass is 15.1. The monoisotopic (exact) mass is 192 g/mol. The van der Waals surface area contributed by atoms with Crippen molar-refractivity contribution in [3.63, 3.8) is 0 Å². The molecule has 4 heteroatoms. The minimum absolute atomic E-state index is 0.00586. The summed E-state index contributed by atoms with van der Waals surface area (Å²) in [6, 6.07) is 7.67. The van der Waals surface area contributed by atoms with Gasteiger partial charge in [0.25, 0.3) is 0 Å². The lowest BCUT2D eigenvalue weighted by molar-refractivity contribution is 0.620. The van der Waals surface area contributed by atoms with E-state index in [4.69, 9.17) is 16.9 Å². The molecule has 1 aromatic rings. The van der Waals surface area contributed by atoms with Gasteiger partial charge >= 0.3 is 0 Å². The van der Waals surface area contributed by atoms with Crippen LogP contribution in [0.25, 0.3) is 0 Å². The quantitative estimate of drug-likeness (QED) is 0.329. The zero-order valence-electron chi connectivity index (χ0n) is 8.25. The molecule has 0 saturated carbocycles. The van der Waals surface area contributed by atoms with E-state index in [2.05, 4.69) is 5.32 Å². The Hall–Kier alpha value is -1.71. The number of guanidine groups is 1. The molecule has 0 aliphatic rings. The van der Waals surface area contributed by atoms with Crippen molar-refractivity contribution in [1.82, 2.24) is 5.32 Å². The molecule has 76 valence electrons. The van der Waals surface area contributed by atoms with E-state index in [1.165, 1.54) is 0 Å². The molecule has 0 aliphatic heterocycles. The maximum absolute atomic E-state index is 7.16. The van der Waals surface area contributed by atoms with Crippen molar-refractivity contribution in [2.45, 2.75) is 19.4 Å². The maximum Gasteiger partial charge on any atom is 0.186 e. The molecule has 0 spiro atoms. The molecule has 1 atom stereocenters. The van der Waals surface area contributed by atoms with Crippen molar-refractivity contribution in [1.29, 1.82) is 5.41 Å². The Labute approximate surface area is 83.8 Å². The SMILES string of the molecule is CCC(NC(=N)N)c1ccc(N)cc1. The molecular formula is C10H16N4. The molecule has 0 aromatic heterocycles. The first kappa shape index (κ1) is 10.4. The molecule has 6 N–H and O–H groups in total. The summed E-state index contributed by atoms with van der Waals surface area (Å²) in [5.74, 6) is -0.00586. The Balaban J connectivity index is 2.78. The Morgan fingerprint density at radius 3 is 2.43 bits per heavy atom. The van der Waals surface area contributed by atoms with E-state index in [1.807, 2.05) is 31.2 Å². The summed E-state index contributed by atoms with van der Waals surface area (Å²) in [5, 5.41) is 10.0. The molecule has 1 rings (SSSR count). The minimum atomic E-state index is -0.00586. The minimum Gasteiger partial charge on any atom is -0.399 e. The molecule has 0 amide bonds. The first-order valence-electron chi connectivity index (χ1n) is 4.59. The highest BCUT2D eigenvalue weighted by Crippen LogP contribution is 2.17. The van der Waals surface area contributed by atoms with Crippen molar-refractivity contribution < 1.29 is 0 Å². The third-order valence-electron chi connectivity index (χ3n) is 2.08. The summed E-state index contributed by atoms with van der Waals surface area (Å²) >= 11 is 0. The lowest BCUT2D eigenvalue weighted by atomic mass is 10.0. The lowest BCUT2D eigenvalue weighted by Crippen LogP contribution is -2.33. The molecular weight excluding hydrogens is 176 g/mol. The zero-order valence-corrected chi connectivity index (χ0v) is 8.25. The second-order valence-corrected chi connectivity index (χ2v) is 3.19. The molecule has 4 nitrogen and oxygen atoms in total.